The Labute approximate surface area is 382 Å². The van der Waals surface area contributed by atoms with Crippen molar-refractivity contribution in [2.45, 2.75) is 76.7 Å². The quantitative estimate of drug-likeness (QED) is 0.183. The molecule has 6 aromatic rings. The average molecular weight is 913 g/mol. The van der Waals surface area contributed by atoms with Crippen LogP contribution in [-0.2, 0) is 38.6 Å². The van der Waals surface area contributed by atoms with E-state index in [1.165, 1.54) is 6.07 Å². The summed E-state index contributed by atoms with van der Waals surface area (Å²) in [5, 5.41) is 16.9. The minimum atomic E-state index is -2.80. The second-order valence-electron chi connectivity index (χ2n) is 17.8. The summed E-state index contributed by atoms with van der Waals surface area (Å²) in [4.78, 5) is 74.3. The first-order valence-corrected chi connectivity index (χ1v) is 22.5. The molecule has 4 aromatic heterocycles. The number of carbonyl (C=O) groups excluding carboxylic acids is 5. The van der Waals surface area contributed by atoms with Gasteiger partial charge in [0.25, 0.3) is 18.2 Å². The zero-order valence-electron chi connectivity index (χ0n) is 36.8. The van der Waals surface area contributed by atoms with E-state index in [4.69, 9.17) is 9.84 Å². The molecule has 9 heterocycles. The number of carbonyl (C=O) groups is 5. The van der Waals surface area contributed by atoms with Crippen molar-refractivity contribution in [3.8, 4) is 11.1 Å². The number of ether oxygens (including phenoxy) is 1. The third-order valence-corrected chi connectivity index (χ3v) is 13.9. The van der Waals surface area contributed by atoms with Crippen molar-refractivity contribution in [2.24, 2.45) is 0 Å². The van der Waals surface area contributed by atoms with Gasteiger partial charge in [-0.05, 0) is 61.2 Å². The van der Waals surface area contributed by atoms with Gasteiger partial charge in [-0.3, -0.25) is 43.9 Å². The van der Waals surface area contributed by atoms with E-state index in [1.54, 1.807) is 53.2 Å². The molecule has 3 saturated heterocycles. The topological polar surface area (TPSA) is 186 Å². The lowest BCUT2D eigenvalue weighted by Gasteiger charge is -2.40. The molecule has 20 heteroatoms. The maximum absolute atomic E-state index is 15.2. The normalized spacial score (nSPS) is 19.1. The van der Waals surface area contributed by atoms with E-state index in [-0.39, 0.29) is 47.5 Å². The molecule has 0 radical (unpaired) electrons. The van der Waals surface area contributed by atoms with Crippen LogP contribution in [-0.4, -0.2) is 120 Å². The molecule has 0 aliphatic carbocycles. The molecular formula is C47H46F2N12O6. The second-order valence-corrected chi connectivity index (χ2v) is 17.8. The number of benzene rings is 2. The minimum absolute atomic E-state index is 0.0247. The van der Waals surface area contributed by atoms with Crippen LogP contribution in [0.1, 0.15) is 94.3 Å². The summed E-state index contributed by atoms with van der Waals surface area (Å²) in [6.45, 7) is 5.25. The van der Waals surface area contributed by atoms with Crippen LogP contribution in [0.2, 0.25) is 0 Å². The highest BCUT2D eigenvalue weighted by molar-refractivity contribution is 6.23. The van der Waals surface area contributed by atoms with Gasteiger partial charge in [-0.1, -0.05) is 11.3 Å². The van der Waals surface area contributed by atoms with E-state index in [0.29, 0.717) is 86.1 Å². The van der Waals surface area contributed by atoms with Crippen LogP contribution in [0.4, 0.5) is 26.0 Å². The van der Waals surface area contributed by atoms with Crippen molar-refractivity contribution in [1.82, 2.24) is 49.4 Å². The van der Waals surface area contributed by atoms with Crippen molar-refractivity contribution >= 4 is 57.6 Å². The number of fused-ring (bicyclic) bond motifs is 3. The summed E-state index contributed by atoms with van der Waals surface area (Å²) in [7, 11) is 1.83. The van der Waals surface area contributed by atoms with E-state index in [2.05, 4.69) is 30.2 Å². The van der Waals surface area contributed by atoms with Gasteiger partial charge in [-0.25, -0.2) is 13.5 Å². The number of imide groups is 2. The number of piperidine rings is 1. The molecule has 5 aliphatic rings. The molecule has 0 spiro atoms. The fraction of sp³-hybridized carbons (Fsp3) is 0.383. The van der Waals surface area contributed by atoms with Gasteiger partial charge in [0.1, 0.15) is 11.7 Å². The largest absolute Gasteiger partial charge is 0.381 e. The molecule has 3 fully saturated rings. The Morgan fingerprint density at radius 2 is 1.72 bits per heavy atom. The Kier molecular flexibility index (Phi) is 10.4. The number of nitrogens with one attached hydrogen (secondary N) is 1. The minimum Gasteiger partial charge on any atom is -0.381 e. The number of aromatic nitrogens is 7. The van der Waals surface area contributed by atoms with E-state index in [0.717, 1.165) is 40.2 Å². The van der Waals surface area contributed by atoms with Crippen LogP contribution in [0.5, 0.6) is 0 Å². The van der Waals surface area contributed by atoms with Gasteiger partial charge in [0.15, 0.2) is 5.82 Å². The molecule has 11 rings (SSSR count). The summed E-state index contributed by atoms with van der Waals surface area (Å²) >= 11 is 0. The number of amides is 5. The van der Waals surface area contributed by atoms with Crippen LogP contribution in [0.3, 0.4) is 0 Å². The smallest absolute Gasteiger partial charge is 0.264 e. The highest BCUT2D eigenvalue weighted by Gasteiger charge is 2.45. The SMILES string of the molecule is CC(=O)N1CCc2c(c(N(C)c3ccc(-c4cn(Cc5cn(C6CN(c7ccc8c(c7)C(=O)N(C7CCC(=O)NC7=O)C8=O)C6)nn5)c5ccncc45)c(C(F)F)c3)nn2C2CCOCC2)C1. The first-order chi connectivity index (χ1) is 32.4. The fourth-order valence-corrected chi connectivity index (χ4v) is 10.2. The van der Waals surface area contributed by atoms with Crippen molar-refractivity contribution in [3.05, 3.63) is 101 Å². The monoisotopic (exact) mass is 912 g/mol. The summed E-state index contributed by atoms with van der Waals surface area (Å²) in [6, 6.07) is 11.0. The molecule has 5 aliphatic heterocycles. The molecule has 1 atom stereocenters. The molecule has 1 unspecified atom stereocenters. The lowest BCUT2D eigenvalue weighted by atomic mass is 9.98. The Bertz CT molecular complexity index is 3020. The Morgan fingerprint density at radius 3 is 2.49 bits per heavy atom. The van der Waals surface area contributed by atoms with Crippen molar-refractivity contribution in [3.63, 3.8) is 0 Å². The molecule has 1 N–H and O–H groups in total. The fourth-order valence-electron chi connectivity index (χ4n) is 10.2. The third-order valence-electron chi connectivity index (χ3n) is 13.9. The van der Waals surface area contributed by atoms with E-state index in [1.807, 2.05) is 41.0 Å². The van der Waals surface area contributed by atoms with Crippen molar-refractivity contribution in [1.29, 1.82) is 0 Å². The van der Waals surface area contributed by atoms with Gasteiger partial charge in [0, 0.05) is 117 Å². The molecule has 0 saturated carbocycles. The lowest BCUT2D eigenvalue weighted by Crippen LogP contribution is -2.54. The third kappa shape index (κ3) is 7.29. The molecule has 2 aromatic carbocycles. The van der Waals surface area contributed by atoms with Gasteiger partial charge >= 0.3 is 0 Å². The Morgan fingerprint density at radius 1 is 0.925 bits per heavy atom. The Hall–Kier alpha value is -7.35. The van der Waals surface area contributed by atoms with Gasteiger partial charge in [-0.15, -0.1) is 5.10 Å². The standard InChI is InChI=1S/C47H46F2N12O6/c1-26(62)56-14-10-40-38(25-56)44(53-61(40)28-11-15-67-16-12-28)55(2)29-3-5-32(34(17-29)43(48)49)37-24-58(39-9-13-50-19-36(37)39)20-27-21-59(54-52-27)31-22-57(23-31)30-4-6-33-35(18-30)47(66)60(46(33)65)41-7-8-42(63)51-45(41)64/h3-6,9,13,17-19,21,24,28,31,41,43H,7-8,10-12,14-16,20,22-23,25H2,1-2H3,(H,51,63,64). The number of hydrogen-bond donors (Lipinski definition) is 1. The molecular weight excluding hydrogens is 867 g/mol. The zero-order valence-corrected chi connectivity index (χ0v) is 36.8. The molecule has 0 bridgehead atoms. The number of nitrogens with zero attached hydrogens (tertiary/aromatic N) is 11. The number of hydrogen-bond acceptors (Lipinski definition) is 12. The van der Waals surface area contributed by atoms with Crippen LogP contribution in [0.15, 0.2) is 67.3 Å². The van der Waals surface area contributed by atoms with Crippen LogP contribution < -0.4 is 15.1 Å². The molecule has 18 nitrogen and oxygen atoms in total. The predicted octanol–water partition coefficient (Wildman–Crippen LogP) is 4.96. The van der Waals surface area contributed by atoms with Gasteiger partial charge in [-0.2, -0.15) is 5.10 Å². The number of anilines is 3. The van der Waals surface area contributed by atoms with Crippen LogP contribution in [0.25, 0.3) is 22.0 Å². The lowest BCUT2D eigenvalue weighted by molar-refractivity contribution is -0.136. The molecule has 67 heavy (non-hydrogen) atoms. The van der Waals surface area contributed by atoms with Gasteiger partial charge < -0.3 is 24.0 Å². The molecule has 344 valence electrons. The average Bonchev–Trinajstić information content (AvgIpc) is 4.09. The van der Waals surface area contributed by atoms with E-state index >= 15 is 8.78 Å². The zero-order chi connectivity index (χ0) is 46.2. The highest BCUT2D eigenvalue weighted by atomic mass is 19.3. The van der Waals surface area contributed by atoms with Gasteiger partial charge in [0.05, 0.1) is 48.0 Å². The van der Waals surface area contributed by atoms with Crippen LogP contribution in [0, 0.1) is 0 Å². The maximum atomic E-state index is 15.2. The summed E-state index contributed by atoms with van der Waals surface area (Å²) < 4.78 is 41.9. The number of halogens is 2. The summed E-state index contributed by atoms with van der Waals surface area (Å²) in [6.07, 6.45) is 6.69. The maximum Gasteiger partial charge on any atom is 0.264 e. The van der Waals surface area contributed by atoms with Crippen molar-refractivity contribution in [2.75, 3.05) is 49.7 Å². The Balaban J connectivity index is 0.813. The van der Waals surface area contributed by atoms with E-state index in [9.17, 15) is 24.0 Å². The summed E-state index contributed by atoms with van der Waals surface area (Å²) in [5.41, 5.74) is 6.00. The number of alkyl halides is 2. The first kappa shape index (κ1) is 42.3. The van der Waals surface area contributed by atoms with Crippen molar-refractivity contribution < 1.29 is 37.5 Å². The second kappa shape index (κ2) is 16.5. The number of rotatable bonds is 10. The van der Waals surface area contributed by atoms with Gasteiger partial charge in [0.2, 0.25) is 17.7 Å². The predicted molar refractivity (Wildman–Crippen MR) is 238 cm³/mol. The number of pyridine rings is 1. The molecule has 5 amide bonds. The van der Waals surface area contributed by atoms with Crippen LogP contribution >= 0.6 is 0 Å². The highest BCUT2D eigenvalue weighted by Crippen LogP contribution is 2.42. The first-order valence-electron chi connectivity index (χ1n) is 22.5. The summed E-state index contributed by atoms with van der Waals surface area (Å²) in [5.74, 6) is -1.59. The van der Waals surface area contributed by atoms with E-state index < -0.39 is 36.1 Å².